The molecular formula is C9H11NO3. The van der Waals surface area contributed by atoms with Gasteiger partial charge in [-0.2, -0.15) is 0 Å². The third-order valence-corrected chi connectivity index (χ3v) is 1.79. The van der Waals surface area contributed by atoms with E-state index < -0.39 is 5.97 Å². The highest BCUT2D eigenvalue weighted by Gasteiger charge is 2.14. The number of aromatic carboxylic acids is 1. The van der Waals surface area contributed by atoms with Crippen molar-refractivity contribution in [3.63, 3.8) is 0 Å². The van der Waals surface area contributed by atoms with E-state index in [1.54, 1.807) is 19.1 Å². The van der Waals surface area contributed by atoms with E-state index in [4.69, 9.17) is 10.8 Å². The van der Waals surface area contributed by atoms with Crippen LogP contribution in [0.15, 0.2) is 18.2 Å². The van der Waals surface area contributed by atoms with E-state index in [1.807, 2.05) is 0 Å². The summed E-state index contributed by atoms with van der Waals surface area (Å²) in [5, 5.41) is 18.1. The van der Waals surface area contributed by atoms with Crippen molar-refractivity contribution in [3.8, 4) is 5.75 Å². The Morgan fingerprint density at radius 2 is 2.15 bits per heavy atom. The molecule has 1 aromatic carbocycles. The van der Waals surface area contributed by atoms with E-state index >= 15 is 0 Å². The maximum atomic E-state index is 10.6. The number of phenols is 1. The number of para-hydroxylation sites is 1. The molecule has 1 unspecified atom stereocenters. The summed E-state index contributed by atoms with van der Waals surface area (Å²) in [5.74, 6) is -1.40. The van der Waals surface area contributed by atoms with E-state index in [-0.39, 0.29) is 17.4 Å². The van der Waals surface area contributed by atoms with Crippen LogP contribution in [0.2, 0.25) is 0 Å². The topological polar surface area (TPSA) is 83.6 Å². The minimum atomic E-state index is -1.15. The smallest absolute Gasteiger partial charge is 0.339 e. The molecule has 0 radical (unpaired) electrons. The molecule has 70 valence electrons. The van der Waals surface area contributed by atoms with Crippen LogP contribution >= 0.6 is 0 Å². The van der Waals surface area contributed by atoms with E-state index in [0.717, 1.165) is 0 Å². The second-order valence-electron chi connectivity index (χ2n) is 2.84. The molecule has 4 heteroatoms. The van der Waals surface area contributed by atoms with Gasteiger partial charge in [-0.1, -0.05) is 12.1 Å². The summed E-state index contributed by atoms with van der Waals surface area (Å²) < 4.78 is 0. The Bertz CT molecular complexity index is 334. The lowest BCUT2D eigenvalue weighted by atomic mass is 10.0. The Kier molecular flexibility index (Phi) is 2.53. The number of carboxylic acid groups (broad SMARTS) is 1. The van der Waals surface area contributed by atoms with Crippen LogP contribution in [-0.4, -0.2) is 16.2 Å². The lowest BCUT2D eigenvalue weighted by Gasteiger charge is -2.09. The molecule has 4 nitrogen and oxygen atoms in total. The Morgan fingerprint density at radius 1 is 1.54 bits per heavy atom. The maximum Gasteiger partial charge on any atom is 0.339 e. The van der Waals surface area contributed by atoms with Gasteiger partial charge in [0, 0.05) is 11.6 Å². The summed E-state index contributed by atoms with van der Waals surface area (Å²) in [4.78, 5) is 10.6. The minimum Gasteiger partial charge on any atom is -0.507 e. The van der Waals surface area contributed by atoms with Crippen molar-refractivity contribution in [2.45, 2.75) is 13.0 Å². The summed E-state index contributed by atoms with van der Waals surface area (Å²) in [7, 11) is 0. The molecule has 0 saturated carbocycles. The van der Waals surface area contributed by atoms with Crippen LogP contribution in [0.25, 0.3) is 0 Å². The van der Waals surface area contributed by atoms with Gasteiger partial charge in [-0.3, -0.25) is 0 Å². The second kappa shape index (κ2) is 3.45. The molecule has 1 rings (SSSR count). The summed E-state index contributed by atoms with van der Waals surface area (Å²) in [5.41, 5.74) is 5.86. The van der Waals surface area contributed by atoms with Gasteiger partial charge in [-0.15, -0.1) is 0 Å². The third-order valence-electron chi connectivity index (χ3n) is 1.79. The van der Waals surface area contributed by atoms with Gasteiger partial charge in [-0.05, 0) is 13.0 Å². The fourth-order valence-electron chi connectivity index (χ4n) is 1.10. The van der Waals surface area contributed by atoms with Crippen LogP contribution in [0.1, 0.15) is 28.9 Å². The Morgan fingerprint density at radius 3 is 2.62 bits per heavy atom. The number of carbonyl (C=O) groups is 1. The largest absolute Gasteiger partial charge is 0.507 e. The average molecular weight is 181 g/mol. The maximum absolute atomic E-state index is 10.6. The van der Waals surface area contributed by atoms with Crippen molar-refractivity contribution < 1.29 is 15.0 Å². The van der Waals surface area contributed by atoms with Crippen molar-refractivity contribution in [3.05, 3.63) is 29.3 Å². The van der Waals surface area contributed by atoms with Gasteiger partial charge in [0.15, 0.2) is 0 Å². The molecule has 0 aliphatic rings. The molecule has 0 heterocycles. The SMILES string of the molecule is CC(N)c1cccc(C(=O)O)c1O. The van der Waals surface area contributed by atoms with Crippen LogP contribution in [-0.2, 0) is 0 Å². The van der Waals surface area contributed by atoms with Crippen molar-refractivity contribution in [2.75, 3.05) is 0 Å². The Balaban J connectivity index is 3.26. The predicted molar refractivity (Wildman–Crippen MR) is 47.7 cm³/mol. The molecule has 1 aromatic rings. The predicted octanol–water partition coefficient (Wildman–Crippen LogP) is 1.11. The zero-order chi connectivity index (χ0) is 10.0. The highest BCUT2D eigenvalue weighted by atomic mass is 16.4. The first-order chi connectivity index (χ1) is 6.04. The molecule has 0 aliphatic heterocycles. The van der Waals surface area contributed by atoms with Crippen LogP contribution < -0.4 is 5.73 Å². The fourth-order valence-corrected chi connectivity index (χ4v) is 1.10. The van der Waals surface area contributed by atoms with Gasteiger partial charge < -0.3 is 15.9 Å². The van der Waals surface area contributed by atoms with Crippen molar-refractivity contribution in [1.82, 2.24) is 0 Å². The molecule has 1 atom stereocenters. The van der Waals surface area contributed by atoms with E-state index in [0.29, 0.717) is 5.56 Å². The standard InChI is InChI=1S/C9H11NO3/c1-5(10)6-3-2-4-7(8(6)11)9(12)13/h2-5,11H,10H2,1H3,(H,12,13). The van der Waals surface area contributed by atoms with Crippen LogP contribution in [0, 0.1) is 0 Å². The van der Waals surface area contributed by atoms with E-state index in [1.165, 1.54) is 6.07 Å². The average Bonchev–Trinajstić information content (AvgIpc) is 2.03. The van der Waals surface area contributed by atoms with Crippen molar-refractivity contribution in [1.29, 1.82) is 0 Å². The first-order valence-corrected chi connectivity index (χ1v) is 3.84. The number of hydrogen-bond donors (Lipinski definition) is 3. The number of carboxylic acids is 1. The van der Waals surface area contributed by atoms with Crippen molar-refractivity contribution in [2.24, 2.45) is 5.73 Å². The first kappa shape index (κ1) is 9.54. The number of hydrogen-bond acceptors (Lipinski definition) is 3. The number of nitrogens with two attached hydrogens (primary N) is 1. The van der Waals surface area contributed by atoms with Crippen LogP contribution in [0.5, 0.6) is 5.75 Å². The van der Waals surface area contributed by atoms with Gasteiger partial charge in [-0.25, -0.2) is 4.79 Å². The summed E-state index contributed by atoms with van der Waals surface area (Å²) in [6, 6.07) is 4.12. The monoisotopic (exact) mass is 181 g/mol. The second-order valence-corrected chi connectivity index (χ2v) is 2.84. The molecule has 4 N–H and O–H groups in total. The van der Waals surface area contributed by atoms with E-state index in [2.05, 4.69) is 0 Å². The summed E-state index contributed by atoms with van der Waals surface area (Å²) >= 11 is 0. The molecular weight excluding hydrogens is 170 g/mol. The normalized spacial score (nSPS) is 12.5. The van der Waals surface area contributed by atoms with Gasteiger partial charge in [0.2, 0.25) is 0 Å². The molecule has 0 fully saturated rings. The zero-order valence-corrected chi connectivity index (χ0v) is 7.19. The quantitative estimate of drug-likeness (QED) is 0.638. The molecule has 0 spiro atoms. The molecule has 0 aromatic heterocycles. The summed E-state index contributed by atoms with van der Waals surface area (Å²) in [6.07, 6.45) is 0. The zero-order valence-electron chi connectivity index (χ0n) is 7.19. The van der Waals surface area contributed by atoms with Gasteiger partial charge in [0.1, 0.15) is 11.3 Å². The van der Waals surface area contributed by atoms with Gasteiger partial charge in [0.05, 0.1) is 0 Å². The van der Waals surface area contributed by atoms with Crippen molar-refractivity contribution >= 4 is 5.97 Å². The molecule has 13 heavy (non-hydrogen) atoms. The van der Waals surface area contributed by atoms with Gasteiger partial charge in [0.25, 0.3) is 0 Å². The highest BCUT2D eigenvalue weighted by molar-refractivity contribution is 5.91. The Hall–Kier alpha value is -1.55. The minimum absolute atomic E-state index is 0.116. The van der Waals surface area contributed by atoms with E-state index in [9.17, 15) is 9.90 Å². The lowest BCUT2D eigenvalue weighted by molar-refractivity contribution is 0.0693. The van der Waals surface area contributed by atoms with Crippen LogP contribution in [0.4, 0.5) is 0 Å². The summed E-state index contributed by atoms with van der Waals surface area (Å²) in [6.45, 7) is 1.68. The number of rotatable bonds is 2. The molecule has 0 amide bonds. The lowest BCUT2D eigenvalue weighted by Crippen LogP contribution is -2.07. The fraction of sp³-hybridized carbons (Fsp3) is 0.222. The molecule has 0 bridgehead atoms. The Labute approximate surface area is 75.6 Å². The molecule has 0 saturated heterocycles. The molecule has 0 aliphatic carbocycles. The van der Waals surface area contributed by atoms with Crippen LogP contribution in [0.3, 0.4) is 0 Å². The highest BCUT2D eigenvalue weighted by Crippen LogP contribution is 2.26. The first-order valence-electron chi connectivity index (χ1n) is 3.84. The number of benzene rings is 1. The number of aromatic hydroxyl groups is 1. The van der Waals surface area contributed by atoms with Gasteiger partial charge >= 0.3 is 5.97 Å². The third kappa shape index (κ3) is 1.78.